The van der Waals surface area contributed by atoms with Gasteiger partial charge < -0.3 is 19.7 Å². The summed E-state index contributed by atoms with van der Waals surface area (Å²) in [4.78, 5) is 2.51. The molecule has 1 aromatic carbocycles. The van der Waals surface area contributed by atoms with Crippen molar-refractivity contribution in [2.24, 2.45) is 0 Å². The van der Waals surface area contributed by atoms with Crippen LogP contribution in [0.4, 0.5) is 0 Å². The highest BCUT2D eigenvalue weighted by Gasteiger charge is 2.17. The van der Waals surface area contributed by atoms with E-state index in [1.54, 1.807) is 6.07 Å². The Morgan fingerprint density at radius 3 is 2.36 bits per heavy atom. The third-order valence-electron chi connectivity index (χ3n) is 3.82. The predicted octanol–water partition coefficient (Wildman–Crippen LogP) is 1.12. The first kappa shape index (κ1) is 24.2. The van der Waals surface area contributed by atoms with E-state index in [2.05, 4.69) is 14.9 Å². The molecule has 7 nitrogen and oxygen atoms in total. The van der Waals surface area contributed by atoms with Crippen molar-refractivity contribution < 1.29 is 17.9 Å². The van der Waals surface area contributed by atoms with Gasteiger partial charge in [-0.15, -0.1) is 24.8 Å². The lowest BCUT2D eigenvalue weighted by atomic mass is 10.3. The number of methoxy groups -OCH3 is 2. The van der Waals surface area contributed by atoms with Gasteiger partial charge in [-0.25, -0.2) is 13.1 Å². The van der Waals surface area contributed by atoms with E-state index in [0.29, 0.717) is 18.0 Å². The fourth-order valence-corrected chi connectivity index (χ4v) is 3.60. The zero-order chi connectivity index (χ0) is 16.7. The molecule has 1 heterocycles. The molecule has 2 rings (SSSR count). The van der Waals surface area contributed by atoms with Gasteiger partial charge in [0.25, 0.3) is 0 Å². The molecule has 0 atom stereocenters. The van der Waals surface area contributed by atoms with Crippen LogP contribution in [0, 0.1) is 0 Å². The van der Waals surface area contributed by atoms with Gasteiger partial charge >= 0.3 is 0 Å². The number of sulfonamides is 1. The van der Waals surface area contributed by atoms with Crippen LogP contribution in [0.2, 0.25) is 0 Å². The van der Waals surface area contributed by atoms with Crippen LogP contribution in [0.25, 0.3) is 0 Å². The number of benzene rings is 1. The smallest absolute Gasteiger partial charge is 0.240 e. The molecule has 0 bridgehead atoms. The highest BCUT2D eigenvalue weighted by Crippen LogP contribution is 2.29. The number of piperazine rings is 1. The number of nitrogens with zero attached hydrogens (tertiary/aromatic N) is 1. The molecule has 0 radical (unpaired) electrons. The Balaban J connectivity index is 0.00000288. The number of ether oxygens (including phenoxy) is 2. The number of nitrogens with one attached hydrogen (secondary N) is 2. The summed E-state index contributed by atoms with van der Waals surface area (Å²) in [6, 6.07) is 4.57. The third-order valence-corrected chi connectivity index (χ3v) is 5.28. The topological polar surface area (TPSA) is 79.9 Å². The number of halogens is 2. The molecule has 1 aromatic rings. The average Bonchev–Trinajstić information content (AvgIpc) is 2.59. The van der Waals surface area contributed by atoms with E-state index in [0.717, 1.165) is 39.1 Å². The Kier molecular flexibility index (Phi) is 11.4. The number of hydrogen-bond donors (Lipinski definition) is 2. The van der Waals surface area contributed by atoms with E-state index in [4.69, 9.17) is 9.47 Å². The van der Waals surface area contributed by atoms with E-state index in [1.807, 2.05) is 0 Å². The lowest BCUT2D eigenvalue weighted by Crippen LogP contribution is -2.44. The molecule has 0 aliphatic carbocycles. The summed E-state index contributed by atoms with van der Waals surface area (Å²) in [5.74, 6) is 0.904. The highest BCUT2D eigenvalue weighted by molar-refractivity contribution is 7.89. The van der Waals surface area contributed by atoms with Crippen molar-refractivity contribution in [2.75, 3.05) is 53.5 Å². The van der Waals surface area contributed by atoms with Crippen molar-refractivity contribution in [2.45, 2.75) is 11.3 Å². The molecule has 25 heavy (non-hydrogen) atoms. The van der Waals surface area contributed by atoms with Crippen molar-refractivity contribution in [3.8, 4) is 11.5 Å². The fourth-order valence-electron chi connectivity index (χ4n) is 2.51. The minimum absolute atomic E-state index is 0. The second-order valence-electron chi connectivity index (χ2n) is 5.36. The first-order valence-corrected chi connectivity index (χ1v) is 9.20. The summed E-state index contributed by atoms with van der Waals surface area (Å²) in [6.07, 6.45) is 0.784. The van der Waals surface area contributed by atoms with E-state index in [-0.39, 0.29) is 29.7 Å². The minimum Gasteiger partial charge on any atom is -0.493 e. The molecule has 146 valence electrons. The summed E-state index contributed by atoms with van der Waals surface area (Å²) in [6.45, 7) is 5.34. The van der Waals surface area contributed by atoms with Crippen LogP contribution in [-0.4, -0.2) is 66.8 Å². The molecule has 1 aliphatic rings. The maximum absolute atomic E-state index is 12.3. The molecular formula is C15H27Cl2N3O4S. The lowest BCUT2D eigenvalue weighted by Gasteiger charge is -2.27. The van der Waals surface area contributed by atoms with Gasteiger partial charge in [-0.1, -0.05) is 0 Å². The van der Waals surface area contributed by atoms with E-state index < -0.39 is 10.0 Å². The lowest BCUT2D eigenvalue weighted by molar-refractivity contribution is 0.239. The number of rotatable bonds is 8. The zero-order valence-electron chi connectivity index (χ0n) is 14.5. The fraction of sp³-hybridized carbons (Fsp3) is 0.600. The van der Waals surface area contributed by atoms with Gasteiger partial charge in [0, 0.05) is 38.8 Å². The second kappa shape index (κ2) is 11.8. The molecule has 1 aliphatic heterocycles. The molecule has 0 aromatic heterocycles. The van der Waals surface area contributed by atoms with Crippen LogP contribution in [0.1, 0.15) is 6.42 Å². The van der Waals surface area contributed by atoms with E-state index in [1.165, 1.54) is 26.4 Å². The summed E-state index contributed by atoms with van der Waals surface area (Å²) >= 11 is 0. The van der Waals surface area contributed by atoms with Gasteiger partial charge in [-0.2, -0.15) is 0 Å². The Morgan fingerprint density at radius 1 is 1.12 bits per heavy atom. The average molecular weight is 416 g/mol. The highest BCUT2D eigenvalue weighted by atomic mass is 35.5. The minimum atomic E-state index is -3.54. The molecule has 0 amide bonds. The summed E-state index contributed by atoms with van der Waals surface area (Å²) < 4.78 is 37.5. The van der Waals surface area contributed by atoms with Crippen LogP contribution in [0.15, 0.2) is 23.1 Å². The quantitative estimate of drug-likeness (QED) is 0.619. The van der Waals surface area contributed by atoms with Crippen LogP contribution in [0.5, 0.6) is 11.5 Å². The SMILES string of the molecule is COc1ccc(S(=O)(=O)NCCCN2CCNCC2)cc1OC.Cl.Cl. The van der Waals surface area contributed by atoms with E-state index >= 15 is 0 Å². The molecule has 0 spiro atoms. The van der Waals surface area contributed by atoms with Crippen LogP contribution in [0.3, 0.4) is 0 Å². The Bertz CT molecular complexity index is 611. The van der Waals surface area contributed by atoms with Gasteiger partial charge in [0.15, 0.2) is 11.5 Å². The van der Waals surface area contributed by atoms with Gasteiger partial charge in [0.05, 0.1) is 19.1 Å². The molecular weight excluding hydrogens is 389 g/mol. The maximum atomic E-state index is 12.3. The van der Waals surface area contributed by atoms with E-state index in [9.17, 15) is 8.42 Å². The Labute approximate surface area is 162 Å². The molecule has 0 unspecified atom stereocenters. The standard InChI is InChI=1S/C15H25N3O4S.2ClH/c1-21-14-5-4-13(12-15(14)22-2)23(19,20)17-6-3-9-18-10-7-16-8-11-18;;/h4-5,12,16-17H,3,6-11H2,1-2H3;2*1H. The monoisotopic (exact) mass is 415 g/mol. The summed E-state index contributed by atoms with van der Waals surface area (Å²) in [7, 11) is -0.542. The molecule has 2 N–H and O–H groups in total. The predicted molar refractivity (Wildman–Crippen MR) is 103 cm³/mol. The van der Waals surface area contributed by atoms with Crippen molar-refractivity contribution in [1.82, 2.24) is 14.9 Å². The van der Waals surface area contributed by atoms with Crippen LogP contribution < -0.4 is 19.5 Å². The molecule has 0 saturated carbocycles. The van der Waals surface area contributed by atoms with Gasteiger partial charge in [-0.05, 0) is 25.1 Å². The normalized spacial score (nSPS) is 15.0. The second-order valence-corrected chi connectivity index (χ2v) is 7.13. The van der Waals surface area contributed by atoms with Crippen molar-refractivity contribution in [3.63, 3.8) is 0 Å². The first-order chi connectivity index (χ1) is 11.1. The maximum Gasteiger partial charge on any atom is 0.240 e. The van der Waals surface area contributed by atoms with Crippen molar-refractivity contribution in [1.29, 1.82) is 0 Å². The zero-order valence-corrected chi connectivity index (χ0v) is 16.9. The molecule has 1 fully saturated rings. The van der Waals surface area contributed by atoms with Crippen molar-refractivity contribution in [3.05, 3.63) is 18.2 Å². The first-order valence-electron chi connectivity index (χ1n) is 7.71. The summed E-state index contributed by atoms with van der Waals surface area (Å²) in [5, 5.41) is 3.30. The van der Waals surface area contributed by atoms with Gasteiger partial charge in [0.1, 0.15) is 0 Å². The molecule has 1 saturated heterocycles. The largest absolute Gasteiger partial charge is 0.493 e. The Hall–Kier alpha value is -0.770. The van der Waals surface area contributed by atoms with Gasteiger partial charge in [0.2, 0.25) is 10.0 Å². The van der Waals surface area contributed by atoms with Gasteiger partial charge in [-0.3, -0.25) is 0 Å². The third kappa shape index (κ3) is 7.16. The van der Waals surface area contributed by atoms with Crippen LogP contribution in [-0.2, 0) is 10.0 Å². The van der Waals surface area contributed by atoms with Crippen molar-refractivity contribution >= 4 is 34.8 Å². The summed E-state index contributed by atoms with van der Waals surface area (Å²) in [5.41, 5.74) is 0. The van der Waals surface area contributed by atoms with Crippen LogP contribution >= 0.6 is 24.8 Å². The number of hydrogen-bond acceptors (Lipinski definition) is 6. The Morgan fingerprint density at radius 2 is 1.76 bits per heavy atom. The molecule has 10 heteroatoms.